The quantitative estimate of drug-likeness (QED) is 0.507. The van der Waals surface area contributed by atoms with Crippen LogP contribution in [0, 0.1) is 6.92 Å². The lowest BCUT2D eigenvalue weighted by Gasteiger charge is -2.35. The number of amides is 1. The molecule has 0 spiro atoms. The van der Waals surface area contributed by atoms with Crippen LogP contribution >= 0.6 is 11.6 Å². The number of nitrogens with zero attached hydrogens (tertiary/aromatic N) is 5. The van der Waals surface area contributed by atoms with E-state index in [1.165, 1.54) is 6.26 Å². The van der Waals surface area contributed by atoms with Crippen molar-refractivity contribution in [3.05, 3.63) is 52.3 Å². The molecule has 11 heteroatoms. The first-order chi connectivity index (χ1) is 17.3. The zero-order valence-electron chi connectivity index (χ0n) is 20.8. The molecule has 2 N–H and O–H groups in total. The Morgan fingerprint density at radius 3 is 2.75 bits per heavy atom. The summed E-state index contributed by atoms with van der Waals surface area (Å²) in [4.78, 5) is 22.9. The van der Waals surface area contributed by atoms with E-state index < -0.39 is 11.0 Å². The predicted molar refractivity (Wildman–Crippen MR) is 144 cm³/mol. The summed E-state index contributed by atoms with van der Waals surface area (Å²) in [6, 6.07) is 9.43. The number of aryl methyl sites for hydroxylation is 1. The van der Waals surface area contributed by atoms with Crippen molar-refractivity contribution in [3.8, 4) is 0 Å². The highest BCUT2D eigenvalue weighted by Gasteiger charge is 2.32. The van der Waals surface area contributed by atoms with Gasteiger partial charge in [0, 0.05) is 54.8 Å². The summed E-state index contributed by atoms with van der Waals surface area (Å²) < 4.78 is 16.6. The number of carbonyl (C=O) groups is 1. The summed E-state index contributed by atoms with van der Waals surface area (Å²) in [5, 5.41) is 8.70. The van der Waals surface area contributed by atoms with Gasteiger partial charge in [0.05, 0.1) is 23.0 Å². The second kappa shape index (κ2) is 10.4. The van der Waals surface area contributed by atoms with Crippen molar-refractivity contribution >= 4 is 45.6 Å². The lowest BCUT2D eigenvalue weighted by atomic mass is 9.98. The van der Waals surface area contributed by atoms with Gasteiger partial charge in [0.2, 0.25) is 0 Å². The molecule has 2 saturated heterocycles. The molecule has 5 rings (SSSR count). The van der Waals surface area contributed by atoms with Crippen LogP contribution in [0.1, 0.15) is 53.5 Å². The summed E-state index contributed by atoms with van der Waals surface area (Å²) in [6.45, 7) is 4.57. The minimum atomic E-state index is -1.32. The number of fused-ring (bicyclic) bond motifs is 1. The molecule has 0 aliphatic carbocycles. The average molecular weight is 530 g/mol. The summed E-state index contributed by atoms with van der Waals surface area (Å²) in [6.07, 6.45) is 5.38. The SMILES string of the molecule is CNC1CCN(c2cc(C)n3nc([C@@H]4CCCCN4C(=O)c4cc(Cl)ccc4NS(C)=O)cc3n2)C1. The predicted octanol–water partition coefficient (Wildman–Crippen LogP) is 3.56. The summed E-state index contributed by atoms with van der Waals surface area (Å²) in [7, 11) is 0.685. The Bertz CT molecular complexity index is 1310. The average Bonchev–Trinajstić information content (AvgIpc) is 3.52. The fourth-order valence-electron chi connectivity index (χ4n) is 5.23. The first-order valence-electron chi connectivity index (χ1n) is 12.3. The van der Waals surface area contributed by atoms with Crippen LogP contribution in [0.2, 0.25) is 5.02 Å². The van der Waals surface area contributed by atoms with Gasteiger partial charge in [0.1, 0.15) is 16.8 Å². The number of rotatable bonds is 6. The topological polar surface area (TPSA) is 94.9 Å². The first kappa shape index (κ1) is 25.0. The molecule has 4 heterocycles. The normalized spacial score (nSPS) is 21.2. The van der Waals surface area contributed by atoms with Gasteiger partial charge >= 0.3 is 0 Å². The Balaban J connectivity index is 1.47. The number of anilines is 2. The fourth-order valence-corrected chi connectivity index (χ4v) is 5.89. The van der Waals surface area contributed by atoms with Crippen molar-refractivity contribution in [1.82, 2.24) is 24.8 Å². The Hall–Kier alpha value is -2.69. The Kier molecular flexibility index (Phi) is 7.18. The van der Waals surface area contributed by atoms with Gasteiger partial charge in [0.25, 0.3) is 5.91 Å². The highest BCUT2D eigenvalue weighted by atomic mass is 35.5. The van der Waals surface area contributed by atoms with Gasteiger partial charge in [0.15, 0.2) is 5.65 Å². The highest BCUT2D eigenvalue weighted by Crippen LogP contribution is 2.34. The zero-order valence-corrected chi connectivity index (χ0v) is 22.4. The number of halogens is 1. The number of aromatic nitrogens is 3. The van der Waals surface area contributed by atoms with Crippen molar-refractivity contribution in [2.75, 3.05) is 42.6 Å². The van der Waals surface area contributed by atoms with E-state index in [0.29, 0.717) is 28.9 Å². The number of nitrogens with one attached hydrogen (secondary N) is 2. The number of hydrogen-bond acceptors (Lipinski definition) is 6. The van der Waals surface area contributed by atoms with E-state index in [1.54, 1.807) is 18.2 Å². The molecule has 3 aromatic rings. The van der Waals surface area contributed by atoms with Crippen LogP contribution in [0.5, 0.6) is 0 Å². The van der Waals surface area contributed by atoms with E-state index in [0.717, 1.165) is 61.6 Å². The second-order valence-electron chi connectivity index (χ2n) is 9.57. The molecule has 2 aromatic heterocycles. The Labute approximate surface area is 218 Å². The van der Waals surface area contributed by atoms with Crippen LogP contribution in [0.25, 0.3) is 5.65 Å². The van der Waals surface area contributed by atoms with Crippen molar-refractivity contribution in [2.45, 2.75) is 44.7 Å². The molecule has 3 atom stereocenters. The molecule has 9 nitrogen and oxygen atoms in total. The third kappa shape index (κ3) is 4.94. The molecule has 2 aliphatic rings. The first-order valence-corrected chi connectivity index (χ1v) is 14.3. The van der Waals surface area contributed by atoms with Crippen LogP contribution in [-0.4, -0.2) is 68.6 Å². The van der Waals surface area contributed by atoms with Crippen LogP contribution in [0.15, 0.2) is 30.3 Å². The smallest absolute Gasteiger partial charge is 0.256 e. The van der Waals surface area contributed by atoms with Gasteiger partial charge in [-0.05, 0) is 57.9 Å². The largest absolute Gasteiger partial charge is 0.355 e. The van der Waals surface area contributed by atoms with Crippen LogP contribution in [0.4, 0.5) is 11.5 Å². The highest BCUT2D eigenvalue weighted by molar-refractivity contribution is 7.85. The van der Waals surface area contributed by atoms with Crippen LogP contribution < -0.4 is 14.9 Å². The van der Waals surface area contributed by atoms with Gasteiger partial charge in [-0.3, -0.25) is 4.79 Å². The van der Waals surface area contributed by atoms with Crippen LogP contribution in [-0.2, 0) is 11.0 Å². The van der Waals surface area contributed by atoms with Gasteiger partial charge in [-0.2, -0.15) is 5.10 Å². The number of likely N-dealkylation sites (tertiary alicyclic amines) is 1. The summed E-state index contributed by atoms with van der Waals surface area (Å²) in [5.74, 6) is 0.815. The van der Waals surface area contributed by atoms with Gasteiger partial charge in [-0.15, -0.1) is 0 Å². The van der Waals surface area contributed by atoms with E-state index in [9.17, 15) is 9.00 Å². The maximum Gasteiger partial charge on any atom is 0.256 e. The number of hydrogen-bond donors (Lipinski definition) is 2. The molecule has 2 unspecified atom stereocenters. The monoisotopic (exact) mass is 529 g/mol. The van der Waals surface area contributed by atoms with Crippen molar-refractivity contribution in [1.29, 1.82) is 0 Å². The lowest BCUT2D eigenvalue weighted by molar-refractivity contribution is 0.0607. The molecule has 0 radical (unpaired) electrons. The molecule has 0 bridgehead atoms. The van der Waals surface area contributed by atoms with Crippen molar-refractivity contribution < 1.29 is 9.00 Å². The zero-order chi connectivity index (χ0) is 25.4. The van der Waals surface area contributed by atoms with Gasteiger partial charge < -0.3 is 19.8 Å². The number of piperidine rings is 1. The van der Waals surface area contributed by atoms with E-state index in [2.05, 4.69) is 21.0 Å². The van der Waals surface area contributed by atoms with Crippen molar-refractivity contribution in [3.63, 3.8) is 0 Å². The molecule has 36 heavy (non-hydrogen) atoms. The third-order valence-corrected chi connectivity index (χ3v) is 7.84. The van der Waals surface area contributed by atoms with E-state index >= 15 is 0 Å². The molecular weight excluding hydrogens is 498 g/mol. The molecule has 1 aromatic carbocycles. The molecule has 2 fully saturated rings. The molecule has 192 valence electrons. The van der Waals surface area contributed by atoms with E-state index in [1.807, 2.05) is 29.5 Å². The Morgan fingerprint density at radius 2 is 2.00 bits per heavy atom. The van der Waals surface area contributed by atoms with Gasteiger partial charge in [-0.25, -0.2) is 13.7 Å². The minimum Gasteiger partial charge on any atom is -0.355 e. The van der Waals surface area contributed by atoms with Crippen LogP contribution in [0.3, 0.4) is 0 Å². The summed E-state index contributed by atoms with van der Waals surface area (Å²) >= 11 is 6.24. The summed E-state index contributed by atoms with van der Waals surface area (Å²) in [5.41, 5.74) is 3.56. The van der Waals surface area contributed by atoms with Gasteiger partial charge in [-0.1, -0.05) is 11.6 Å². The van der Waals surface area contributed by atoms with E-state index in [4.69, 9.17) is 21.7 Å². The van der Waals surface area contributed by atoms with Crippen molar-refractivity contribution in [2.24, 2.45) is 0 Å². The molecule has 0 saturated carbocycles. The molecular formula is C25H32ClN7O2S. The Morgan fingerprint density at radius 1 is 1.17 bits per heavy atom. The maximum absolute atomic E-state index is 13.8. The molecule has 2 aliphatic heterocycles. The second-order valence-corrected chi connectivity index (χ2v) is 11.1. The number of likely N-dealkylation sites (N-methyl/N-ethyl adjacent to an activating group) is 1. The number of benzene rings is 1. The molecule has 1 amide bonds. The number of carbonyl (C=O) groups excluding carboxylic acids is 1. The standard InChI is InChI=1S/C25H32ClN7O2S/c1-16-12-23(31-11-9-18(15-31)27-2)28-24-14-21(29-33(16)24)22-6-4-5-10-32(22)25(34)19-13-17(26)7-8-20(19)30-36(3)35/h7-8,12-14,18,22,27,30H,4-6,9-11,15H2,1-3H3/t18?,22-,36?/m0/s1. The third-order valence-electron chi connectivity index (χ3n) is 7.10. The van der Waals surface area contributed by atoms with E-state index in [-0.39, 0.29) is 11.9 Å². The minimum absolute atomic E-state index is 0.146. The maximum atomic E-state index is 13.8. The lowest BCUT2D eigenvalue weighted by Crippen LogP contribution is -2.39. The fraction of sp³-hybridized carbons (Fsp3) is 0.480.